The molecule has 0 amide bonds. The van der Waals surface area contributed by atoms with Crippen LogP contribution in [0.3, 0.4) is 0 Å². The fourth-order valence-corrected chi connectivity index (χ4v) is 2.24. The van der Waals surface area contributed by atoms with Gasteiger partial charge in [0.2, 0.25) is 0 Å². The van der Waals surface area contributed by atoms with Crippen LogP contribution in [0.15, 0.2) is 91.0 Å². The van der Waals surface area contributed by atoms with Crippen LogP contribution >= 0.6 is 0 Å². The average Bonchev–Trinajstić information content (AvgIpc) is 2.95. The molecule has 0 atom stereocenters. The van der Waals surface area contributed by atoms with Gasteiger partial charge in [-0.3, -0.25) is 0 Å². The molecule has 0 heterocycles. The van der Waals surface area contributed by atoms with Crippen molar-refractivity contribution in [3.05, 3.63) is 108 Å². The summed E-state index contributed by atoms with van der Waals surface area (Å²) in [5, 5.41) is 70.7. The van der Waals surface area contributed by atoms with E-state index in [2.05, 4.69) is 0 Å². The fourth-order valence-electron chi connectivity index (χ4n) is 2.24. The summed E-state index contributed by atoms with van der Waals surface area (Å²) < 4.78 is 0. The summed E-state index contributed by atoms with van der Waals surface area (Å²) in [6, 6.07) is 17.8. The standard InChI is InChI=1S/3C9H8O3.2CH4O.Ce.H2O/c3*10-8-4-1-7(2-5-8)3-6-9(11)12;2*1-2;;/h3*1-6,10H,(H,11,12);2*2H,1H3;;1H2/q;;;;;+3;/p-3/b3*6-3+;;;;. The molecule has 1 radical (unpaired) electrons. The average molecular weight is 712 g/mol. The summed E-state index contributed by atoms with van der Waals surface area (Å²) in [4.78, 5) is 30.3. The van der Waals surface area contributed by atoms with Crippen molar-refractivity contribution in [2.24, 2.45) is 0 Å². The van der Waals surface area contributed by atoms with E-state index in [0.29, 0.717) is 16.7 Å². The van der Waals surface area contributed by atoms with Gasteiger partial charge in [0.25, 0.3) is 0 Å². The maximum absolute atomic E-state index is 10.6. The molecule has 0 aliphatic heterocycles. The third kappa shape index (κ3) is 26.2. The molecular weight excluding hydrogens is 680 g/mol. The van der Waals surface area contributed by atoms with Gasteiger partial charge in [-0.2, -0.15) is 0 Å². The van der Waals surface area contributed by atoms with Gasteiger partial charge in [0, 0.05) is 32.4 Å². The number of rotatable bonds is 6. The Morgan fingerprint density at radius 1 is 0.476 bits per heavy atom. The maximum Gasteiger partial charge on any atom is 3.00 e. The van der Waals surface area contributed by atoms with Crippen molar-refractivity contribution >= 4 is 36.1 Å². The van der Waals surface area contributed by atoms with Crippen LogP contribution in [0.2, 0.25) is 0 Å². The molecule has 42 heavy (non-hydrogen) atoms. The van der Waals surface area contributed by atoms with E-state index in [9.17, 15) is 29.7 Å². The van der Waals surface area contributed by atoms with Gasteiger partial charge >= 0.3 is 59.7 Å². The van der Waals surface area contributed by atoms with E-state index >= 15 is 0 Å². The van der Waals surface area contributed by atoms with Gasteiger partial charge in [0.15, 0.2) is 0 Å². The van der Waals surface area contributed by atoms with Gasteiger partial charge in [0.1, 0.15) is 0 Å². The van der Waals surface area contributed by atoms with Crippen LogP contribution < -0.4 is 15.3 Å². The molecule has 0 bridgehead atoms. The molecule has 0 saturated carbocycles. The van der Waals surface area contributed by atoms with E-state index in [1.165, 1.54) is 54.6 Å². The number of aliphatic carboxylic acids is 3. The summed E-state index contributed by atoms with van der Waals surface area (Å²) in [6.07, 6.45) is 7.38. The summed E-state index contributed by atoms with van der Waals surface area (Å²) in [5.41, 5.74) is 2.12. The van der Waals surface area contributed by atoms with Gasteiger partial charge in [0.05, 0.1) is 0 Å². The number of carbonyl (C=O) groups is 3. The number of hydrogen-bond acceptors (Lipinski definition) is 8. The number of aliphatic hydroxyl groups excluding tert-OH is 2. The fraction of sp³-hybridized carbons (Fsp3) is 0.0690. The Hall–Kier alpha value is -4.05. The Bertz CT molecular complexity index is 1060. The van der Waals surface area contributed by atoms with Gasteiger partial charge in [-0.25, -0.2) is 14.4 Å². The Morgan fingerprint density at radius 2 is 0.643 bits per heavy atom. The van der Waals surface area contributed by atoms with Gasteiger partial charge in [-0.05, 0) is 34.9 Å². The van der Waals surface area contributed by atoms with Crippen molar-refractivity contribution in [2.75, 3.05) is 14.2 Å². The molecule has 3 aromatic rings. The summed E-state index contributed by atoms with van der Waals surface area (Å²) >= 11 is 0. The first-order valence-electron chi connectivity index (χ1n) is 11.0. The Labute approximate surface area is 276 Å². The Kier molecular flexibility index (Phi) is 30.5. The van der Waals surface area contributed by atoms with E-state index in [1.807, 2.05) is 0 Å². The van der Waals surface area contributed by atoms with E-state index < -0.39 is 17.9 Å². The number of carboxylic acid groups (broad SMARTS) is 3. The zero-order valence-corrected chi connectivity index (χ0v) is 25.7. The first kappa shape index (κ1) is 44.9. The van der Waals surface area contributed by atoms with Crippen LogP contribution in [0.5, 0.6) is 17.2 Å². The number of carboxylic acids is 3. The number of benzene rings is 3. The van der Waals surface area contributed by atoms with Crippen molar-refractivity contribution in [2.45, 2.75) is 0 Å². The second-order valence-corrected chi connectivity index (χ2v) is 6.72. The first-order chi connectivity index (χ1) is 19.0. The molecule has 7 N–H and O–H groups in total. The van der Waals surface area contributed by atoms with Crippen molar-refractivity contribution in [3.63, 3.8) is 0 Å². The van der Waals surface area contributed by atoms with Gasteiger partial charge in [-0.1, -0.05) is 72.8 Å². The van der Waals surface area contributed by atoms with Crippen LogP contribution in [-0.2, 0) is 14.4 Å². The minimum Gasteiger partial charge on any atom is -0.872 e. The molecule has 0 spiro atoms. The van der Waals surface area contributed by atoms with Crippen LogP contribution in [0.25, 0.3) is 18.2 Å². The van der Waals surface area contributed by atoms with Crippen molar-refractivity contribution < 1.29 is 102 Å². The topological polar surface area (TPSA) is 253 Å². The molecule has 0 aromatic heterocycles. The predicted molar refractivity (Wildman–Crippen MR) is 148 cm³/mol. The number of aliphatic hydroxyl groups is 2. The molecule has 0 fully saturated rings. The molecule has 12 nitrogen and oxygen atoms in total. The second kappa shape index (κ2) is 28.5. The zero-order chi connectivity index (χ0) is 30.9. The molecule has 13 heteroatoms. The Balaban J connectivity index is -0.000000237. The van der Waals surface area contributed by atoms with Crippen LogP contribution in [0, 0.1) is 41.7 Å². The minimum absolute atomic E-state index is 0. The monoisotopic (exact) mass is 711 g/mol. The summed E-state index contributed by atoms with van der Waals surface area (Å²) in [7, 11) is 2.00. The molecule has 0 aliphatic carbocycles. The summed E-state index contributed by atoms with van der Waals surface area (Å²) in [6.45, 7) is 0. The second-order valence-electron chi connectivity index (χ2n) is 6.72. The normalized spacial score (nSPS) is 9.14. The minimum atomic E-state index is -0.999. The predicted octanol–water partition coefficient (Wildman–Crippen LogP) is 0.966. The van der Waals surface area contributed by atoms with E-state index in [0.717, 1.165) is 32.4 Å². The zero-order valence-electron chi connectivity index (χ0n) is 22.6. The third-order valence-electron chi connectivity index (χ3n) is 3.90. The van der Waals surface area contributed by atoms with Crippen molar-refractivity contribution in [1.82, 2.24) is 0 Å². The molecule has 223 valence electrons. The molecule has 3 rings (SSSR count). The third-order valence-corrected chi connectivity index (χ3v) is 3.90. The number of hydrogen-bond donors (Lipinski definition) is 5. The smallest absolute Gasteiger partial charge is 0.872 e. The van der Waals surface area contributed by atoms with Crippen LogP contribution in [-0.4, -0.2) is 63.1 Å². The molecule has 3 aromatic carbocycles. The van der Waals surface area contributed by atoms with Gasteiger partial charge < -0.3 is 46.3 Å². The van der Waals surface area contributed by atoms with Crippen LogP contribution in [0.1, 0.15) is 16.7 Å². The Morgan fingerprint density at radius 3 is 0.786 bits per heavy atom. The van der Waals surface area contributed by atoms with E-state index in [4.69, 9.17) is 25.5 Å². The SMILES string of the molecule is CO.CO.O.O=C(O)/C=C/c1ccc([O-])cc1.O=C(O)/C=C/c1ccc([O-])cc1.O=C(O)/C=C/c1ccc([O-])cc1.[Ce+3]. The molecular formula is C29H31CeO12. The largest absolute Gasteiger partial charge is 3.00 e. The molecule has 0 aliphatic rings. The molecule has 0 saturated heterocycles. The quantitative estimate of drug-likeness (QED) is 0.225. The van der Waals surface area contributed by atoms with Crippen molar-refractivity contribution in [3.8, 4) is 17.2 Å². The van der Waals surface area contributed by atoms with Crippen LogP contribution in [0.4, 0.5) is 0 Å². The molecule has 0 unspecified atom stereocenters. The van der Waals surface area contributed by atoms with Crippen molar-refractivity contribution in [1.29, 1.82) is 0 Å². The van der Waals surface area contributed by atoms with E-state index in [-0.39, 0.29) is 64.5 Å². The van der Waals surface area contributed by atoms with E-state index in [1.54, 1.807) is 36.4 Å². The maximum atomic E-state index is 10.6. The summed E-state index contributed by atoms with van der Waals surface area (Å²) in [5.74, 6) is -3.24. The van der Waals surface area contributed by atoms with Gasteiger partial charge in [-0.15, -0.1) is 17.2 Å². The first-order valence-corrected chi connectivity index (χ1v) is 11.0.